The van der Waals surface area contributed by atoms with Crippen LogP contribution in [0.1, 0.15) is 29.3 Å². The van der Waals surface area contributed by atoms with Gasteiger partial charge in [0.15, 0.2) is 5.76 Å². The Morgan fingerprint density at radius 3 is 2.33 bits per heavy atom. The van der Waals surface area contributed by atoms with Crippen LogP contribution in [0.25, 0.3) is 11.3 Å². The van der Waals surface area contributed by atoms with Crippen LogP contribution in [0.4, 0.5) is 0 Å². The summed E-state index contributed by atoms with van der Waals surface area (Å²) >= 11 is 0. The van der Waals surface area contributed by atoms with E-state index in [2.05, 4.69) is 0 Å². The predicted molar refractivity (Wildman–Crippen MR) is 76.9 cm³/mol. The maximum absolute atomic E-state index is 11.6. The summed E-state index contributed by atoms with van der Waals surface area (Å²) in [6, 6.07) is 10.7. The van der Waals surface area contributed by atoms with Crippen LogP contribution >= 0.6 is 0 Å². The molecular formula is C16H18O5. The van der Waals surface area contributed by atoms with Crippen LogP contribution in [0.5, 0.6) is 0 Å². The molecule has 0 saturated carbocycles. The smallest absolute Gasteiger partial charge is 0.338 e. The fraction of sp³-hybridized carbons (Fsp3) is 0.312. The fourth-order valence-corrected chi connectivity index (χ4v) is 1.95. The van der Waals surface area contributed by atoms with Gasteiger partial charge in [-0.2, -0.15) is 0 Å². The van der Waals surface area contributed by atoms with Crippen LogP contribution in [0.2, 0.25) is 0 Å². The van der Waals surface area contributed by atoms with Crippen molar-refractivity contribution in [2.75, 3.05) is 20.8 Å². The normalized spacial score (nSPS) is 10.9. The predicted octanol–water partition coefficient (Wildman–Crippen LogP) is 3.41. The molecule has 0 saturated heterocycles. The molecule has 0 unspecified atom stereocenters. The molecule has 0 aliphatic carbocycles. The van der Waals surface area contributed by atoms with Gasteiger partial charge in [-0.05, 0) is 31.2 Å². The first-order chi connectivity index (χ1) is 10.2. The first kappa shape index (κ1) is 15.3. The summed E-state index contributed by atoms with van der Waals surface area (Å²) in [5, 5.41) is 0. The van der Waals surface area contributed by atoms with E-state index in [-0.39, 0.29) is 5.97 Å². The average molecular weight is 290 g/mol. The number of carbonyl (C=O) groups excluding carboxylic acids is 1. The Bertz CT molecular complexity index is 581. The van der Waals surface area contributed by atoms with E-state index >= 15 is 0 Å². The van der Waals surface area contributed by atoms with E-state index in [1.54, 1.807) is 39.3 Å². The van der Waals surface area contributed by atoms with E-state index in [0.29, 0.717) is 23.7 Å². The minimum absolute atomic E-state index is 0.331. The van der Waals surface area contributed by atoms with Gasteiger partial charge in [0.1, 0.15) is 5.76 Å². The lowest BCUT2D eigenvalue weighted by Crippen LogP contribution is -2.03. The molecule has 0 bridgehead atoms. The molecule has 5 heteroatoms. The molecule has 2 rings (SSSR count). The summed E-state index contributed by atoms with van der Waals surface area (Å²) in [5.74, 6) is 0.937. The number of methoxy groups -OCH3 is 2. The lowest BCUT2D eigenvalue weighted by atomic mass is 10.1. The van der Waals surface area contributed by atoms with Crippen LogP contribution in [0.3, 0.4) is 0 Å². The molecule has 112 valence electrons. The van der Waals surface area contributed by atoms with E-state index in [0.717, 1.165) is 5.56 Å². The molecule has 0 fully saturated rings. The molecular weight excluding hydrogens is 272 g/mol. The van der Waals surface area contributed by atoms with Crippen LogP contribution in [0, 0.1) is 0 Å². The van der Waals surface area contributed by atoms with Crippen LogP contribution < -0.4 is 0 Å². The summed E-state index contributed by atoms with van der Waals surface area (Å²) in [5.41, 5.74) is 1.37. The van der Waals surface area contributed by atoms with Crippen molar-refractivity contribution < 1.29 is 23.4 Å². The molecule has 5 nitrogen and oxygen atoms in total. The third-order valence-corrected chi connectivity index (χ3v) is 2.97. The van der Waals surface area contributed by atoms with Gasteiger partial charge in [0.05, 0.1) is 12.2 Å². The molecule has 0 atom stereocenters. The van der Waals surface area contributed by atoms with Crippen LogP contribution in [0.15, 0.2) is 40.8 Å². The third-order valence-electron chi connectivity index (χ3n) is 2.97. The van der Waals surface area contributed by atoms with Gasteiger partial charge < -0.3 is 18.6 Å². The highest BCUT2D eigenvalue weighted by Crippen LogP contribution is 2.27. The molecule has 0 spiro atoms. The first-order valence-corrected chi connectivity index (χ1v) is 6.62. The molecule has 1 heterocycles. The van der Waals surface area contributed by atoms with Gasteiger partial charge in [-0.15, -0.1) is 0 Å². The Morgan fingerprint density at radius 2 is 1.76 bits per heavy atom. The maximum atomic E-state index is 11.6. The molecule has 0 aliphatic rings. The topological polar surface area (TPSA) is 57.9 Å². The van der Waals surface area contributed by atoms with Gasteiger partial charge in [0.25, 0.3) is 0 Å². The summed E-state index contributed by atoms with van der Waals surface area (Å²) in [4.78, 5) is 11.6. The molecule has 0 radical (unpaired) electrons. The summed E-state index contributed by atoms with van der Waals surface area (Å²) in [6.45, 7) is 2.14. The summed E-state index contributed by atoms with van der Waals surface area (Å²) in [6.07, 6.45) is -0.530. The SMILES string of the molecule is CCOC(=O)c1ccc(-c2ccc(C(OC)OC)o2)cc1. The quantitative estimate of drug-likeness (QED) is 0.602. The van der Waals surface area contributed by atoms with Crippen molar-refractivity contribution in [1.29, 1.82) is 0 Å². The number of rotatable bonds is 6. The fourth-order valence-electron chi connectivity index (χ4n) is 1.95. The Labute approximate surface area is 123 Å². The van der Waals surface area contributed by atoms with Crippen LogP contribution in [-0.4, -0.2) is 26.8 Å². The second-order valence-electron chi connectivity index (χ2n) is 4.30. The second kappa shape index (κ2) is 7.06. The van der Waals surface area contributed by atoms with Gasteiger partial charge in [-0.3, -0.25) is 0 Å². The summed E-state index contributed by atoms with van der Waals surface area (Å²) < 4.78 is 20.9. The zero-order valence-corrected chi connectivity index (χ0v) is 12.3. The van der Waals surface area contributed by atoms with Crippen molar-refractivity contribution in [1.82, 2.24) is 0 Å². The maximum Gasteiger partial charge on any atom is 0.338 e. The number of ether oxygens (including phenoxy) is 3. The van der Waals surface area contributed by atoms with Gasteiger partial charge in [0.2, 0.25) is 6.29 Å². The number of hydrogen-bond donors (Lipinski definition) is 0. The van der Waals surface area contributed by atoms with E-state index in [1.807, 2.05) is 18.2 Å². The van der Waals surface area contributed by atoms with Crippen molar-refractivity contribution >= 4 is 5.97 Å². The standard InChI is InChI=1S/C16H18O5/c1-4-20-15(17)12-7-5-11(6-8-12)13-9-10-14(21-13)16(18-2)19-3/h5-10,16H,4H2,1-3H3. The molecule has 0 aliphatic heterocycles. The molecule has 21 heavy (non-hydrogen) atoms. The van der Waals surface area contributed by atoms with Gasteiger partial charge in [0, 0.05) is 19.8 Å². The van der Waals surface area contributed by atoms with Gasteiger partial charge >= 0.3 is 5.97 Å². The zero-order chi connectivity index (χ0) is 15.2. The van der Waals surface area contributed by atoms with E-state index in [1.165, 1.54) is 0 Å². The lowest BCUT2D eigenvalue weighted by molar-refractivity contribution is -0.117. The van der Waals surface area contributed by atoms with Crippen molar-refractivity contribution in [2.45, 2.75) is 13.2 Å². The number of furan rings is 1. The zero-order valence-electron chi connectivity index (χ0n) is 12.3. The molecule has 0 amide bonds. The highest BCUT2D eigenvalue weighted by Gasteiger charge is 2.15. The van der Waals surface area contributed by atoms with Crippen LogP contribution in [-0.2, 0) is 14.2 Å². The second-order valence-corrected chi connectivity index (χ2v) is 4.30. The Morgan fingerprint density at radius 1 is 1.10 bits per heavy atom. The van der Waals surface area contributed by atoms with Crippen molar-refractivity contribution in [3.8, 4) is 11.3 Å². The van der Waals surface area contributed by atoms with Gasteiger partial charge in [-0.1, -0.05) is 12.1 Å². The Balaban J connectivity index is 2.17. The van der Waals surface area contributed by atoms with E-state index < -0.39 is 6.29 Å². The Hall–Kier alpha value is -2.11. The number of esters is 1. The first-order valence-electron chi connectivity index (χ1n) is 6.62. The minimum atomic E-state index is -0.530. The van der Waals surface area contributed by atoms with Gasteiger partial charge in [-0.25, -0.2) is 4.79 Å². The Kier molecular flexibility index (Phi) is 5.14. The van der Waals surface area contributed by atoms with Crippen molar-refractivity contribution in [2.24, 2.45) is 0 Å². The highest BCUT2D eigenvalue weighted by atomic mass is 16.7. The number of carbonyl (C=O) groups is 1. The largest absolute Gasteiger partial charge is 0.462 e. The average Bonchev–Trinajstić information content (AvgIpc) is 2.99. The summed E-state index contributed by atoms with van der Waals surface area (Å²) in [7, 11) is 3.09. The van der Waals surface area contributed by atoms with E-state index in [9.17, 15) is 4.79 Å². The third kappa shape index (κ3) is 3.51. The molecule has 1 aromatic carbocycles. The van der Waals surface area contributed by atoms with E-state index in [4.69, 9.17) is 18.6 Å². The lowest BCUT2D eigenvalue weighted by Gasteiger charge is -2.09. The molecule has 2 aromatic rings. The molecule has 0 N–H and O–H groups in total. The highest BCUT2D eigenvalue weighted by molar-refractivity contribution is 5.89. The minimum Gasteiger partial charge on any atom is -0.462 e. The number of benzene rings is 1. The number of hydrogen-bond acceptors (Lipinski definition) is 5. The van der Waals surface area contributed by atoms with Crippen molar-refractivity contribution in [3.63, 3.8) is 0 Å². The monoisotopic (exact) mass is 290 g/mol. The van der Waals surface area contributed by atoms with Crippen molar-refractivity contribution in [3.05, 3.63) is 47.7 Å². The molecule has 1 aromatic heterocycles.